The molecule has 1 aromatic carbocycles. The van der Waals surface area contributed by atoms with Gasteiger partial charge in [0.05, 0.1) is 0 Å². The molecule has 0 bridgehead atoms. The molecular formula is C17H29IN4. The average molecular weight is 416 g/mol. The Hall–Kier alpha value is -0.820. The molecule has 0 aliphatic carbocycles. The second-order valence-electron chi connectivity index (χ2n) is 5.75. The smallest absolute Gasteiger partial charge is 0.191 e. The molecule has 0 radical (unpaired) electrons. The summed E-state index contributed by atoms with van der Waals surface area (Å²) in [6.45, 7) is 7.77. The maximum atomic E-state index is 4.30. The van der Waals surface area contributed by atoms with E-state index in [2.05, 4.69) is 51.7 Å². The first kappa shape index (κ1) is 19.2. The van der Waals surface area contributed by atoms with Crippen molar-refractivity contribution in [1.82, 2.24) is 15.5 Å². The number of hydrogen-bond acceptors (Lipinski definition) is 2. The van der Waals surface area contributed by atoms with Crippen molar-refractivity contribution in [3.8, 4) is 0 Å². The van der Waals surface area contributed by atoms with Crippen molar-refractivity contribution in [2.45, 2.75) is 26.3 Å². The average Bonchev–Trinajstić information content (AvgIpc) is 2.96. The minimum Gasteiger partial charge on any atom is -0.356 e. The predicted octanol–water partition coefficient (Wildman–Crippen LogP) is 2.70. The van der Waals surface area contributed by atoms with Gasteiger partial charge >= 0.3 is 0 Å². The number of aliphatic imine (C=N–C) groups is 1. The van der Waals surface area contributed by atoms with Crippen LogP contribution in [0.3, 0.4) is 0 Å². The predicted molar refractivity (Wildman–Crippen MR) is 105 cm³/mol. The second kappa shape index (κ2) is 10.8. The Morgan fingerprint density at radius 1 is 1.27 bits per heavy atom. The largest absolute Gasteiger partial charge is 0.356 e. The molecule has 4 nitrogen and oxygen atoms in total. The maximum absolute atomic E-state index is 4.30. The SMILES string of the molecule is CCCN1CCC(CNC(=NC)NCc2ccccc2)C1.I. The number of nitrogens with zero attached hydrogens (tertiary/aromatic N) is 2. The lowest BCUT2D eigenvalue weighted by Gasteiger charge is -2.17. The molecule has 1 saturated heterocycles. The minimum absolute atomic E-state index is 0. The summed E-state index contributed by atoms with van der Waals surface area (Å²) in [6.07, 6.45) is 2.54. The molecule has 1 unspecified atom stereocenters. The molecule has 5 heteroatoms. The first-order valence-corrected chi connectivity index (χ1v) is 8.02. The third-order valence-corrected chi connectivity index (χ3v) is 3.99. The van der Waals surface area contributed by atoms with Gasteiger partial charge in [-0.3, -0.25) is 4.99 Å². The van der Waals surface area contributed by atoms with Crippen molar-refractivity contribution in [3.05, 3.63) is 35.9 Å². The molecule has 1 fully saturated rings. The van der Waals surface area contributed by atoms with Gasteiger partial charge in [-0.25, -0.2) is 0 Å². The fourth-order valence-electron chi connectivity index (χ4n) is 2.84. The van der Waals surface area contributed by atoms with Crippen LogP contribution in [0.1, 0.15) is 25.3 Å². The summed E-state index contributed by atoms with van der Waals surface area (Å²) in [5, 5.41) is 6.83. The Morgan fingerprint density at radius 3 is 2.73 bits per heavy atom. The minimum atomic E-state index is 0. The van der Waals surface area contributed by atoms with Crippen LogP contribution in [0, 0.1) is 5.92 Å². The summed E-state index contributed by atoms with van der Waals surface area (Å²) < 4.78 is 0. The van der Waals surface area contributed by atoms with Crippen LogP contribution >= 0.6 is 24.0 Å². The van der Waals surface area contributed by atoms with Crippen molar-refractivity contribution < 1.29 is 0 Å². The number of nitrogens with one attached hydrogen (secondary N) is 2. The summed E-state index contributed by atoms with van der Waals surface area (Å²) in [6, 6.07) is 10.4. The van der Waals surface area contributed by atoms with E-state index in [1.165, 1.54) is 38.0 Å². The Balaban J connectivity index is 0.00000242. The van der Waals surface area contributed by atoms with E-state index >= 15 is 0 Å². The Kier molecular flexibility index (Phi) is 9.47. The Morgan fingerprint density at radius 2 is 2.05 bits per heavy atom. The van der Waals surface area contributed by atoms with Crippen LogP contribution in [0.4, 0.5) is 0 Å². The van der Waals surface area contributed by atoms with E-state index in [0.717, 1.165) is 25.0 Å². The number of halogens is 1. The quantitative estimate of drug-likeness (QED) is 0.426. The van der Waals surface area contributed by atoms with Gasteiger partial charge in [0.2, 0.25) is 0 Å². The lowest BCUT2D eigenvalue weighted by Crippen LogP contribution is -2.39. The van der Waals surface area contributed by atoms with Crippen LogP contribution < -0.4 is 10.6 Å². The molecule has 22 heavy (non-hydrogen) atoms. The van der Waals surface area contributed by atoms with Gasteiger partial charge in [-0.05, 0) is 37.4 Å². The topological polar surface area (TPSA) is 39.7 Å². The lowest BCUT2D eigenvalue weighted by molar-refractivity contribution is 0.324. The van der Waals surface area contributed by atoms with Crippen LogP contribution in [0.2, 0.25) is 0 Å². The van der Waals surface area contributed by atoms with Gasteiger partial charge in [0.1, 0.15) is 0 Å². The van der Waals surface area contributed by atoms with Crippen LogP contribution in [0.5, 0.6) is 0 Å². The molecule has 1 aromatic rings. The number of benzene rings is 1. The van der Waals surface area contributed by atoms with E-state index in [-0.39, 0.29) is 24.0 Å². The van der Waals surface area contributed by atoms with Crippen molar-refractivity contribution >= 4 is 29.9 Å². The van der Waals surface area contributed by atoms with Gasteiger partial charge < -0.3 is 15.5 Å². The summed E-state index contributed by atoms with van der Waals surface area (Å²) in [5.74, 6) is 1.64. The van der Waals surface area contributed by atoms with Crippen molar-refractivity contribution in [1.29, 1.82) is 0 Å². The second-order valence-corrected chi connectivity index (χ2v) is 5.75. The van der Waals surface area contributed by atoms with Crippen LogP contribution in [-0.2, 0) is 6.54 Å². The highest BCUT2D eigenvalue weighted by atomic mass is 127. The van der Waals surface area contributed by atoms with E-state index < -0.39 is 0 Å². The highest BCUT2D eigenvalue weighted by Crippen LogP contribution is 2.15. The third-order valence-electron chi connectivity index (χ3n) is 3.99. The van der Waals surface area contributed by atoms with Crippen molar-refractivity contribution in [2.75, 3.05) is 33.2 Å². The normalized spacial score (nSPS) is 18.8. The van der Waals surface area contributed by atoms with Gasteiger partial charge in [-0.1, -0.05) is 37.3 Å². The van der Waals surface area contributed by atoms with Gasteiger partial charge in [0.25, 0.3) is 0 Å². The zero-order chi connectivity index (χ0) is 14.9. The fraction of sp³-hybridized carbons (Fsp3) is 0.588. The molecule has 1 aliphatic rings. The highest BCUT2D eigenvalue weighted by Gasteiger charge is 2.21. The maximum Gasteiger partial charge on any atom is 0.191 e. The van der Waals surface area contributed by atoms with Gasteiger partial charge in [0, 0.05) is 26.7 Å². The molecule has 0 spiro atoms. The number of guanidine groups is 1. The molecule has 1 aliphatic heterocycles. The number of likely N-dealkylation sites (tertiary alicyclic amines) is 1. The molecule has 0 aromatic heterocycles. The molecule has 124 valence electrons. The number of hydrogen-bond donors (Lipinski definition) is 2. The monoisotopic (exact) mass is 416 g/mol. The summed E-state index contributed by atoms with van der Waals surface area (Å²) in [7, 11) is 1.83. The molecule has 1 heterocycles. The van der Waals surface area contributed by atoms with Gasteiger partial charge in [0.15, 0.2) is 5.96 Å². The van der Waals surface area contributed by atoms with Gasteiger partial charge in [-0.15, -0.1) is 24.0 Å². The molecule has 0 amide bonds. The molecule has 2 rings (SSSR count). The van der Waals surface area contributed by atoms with E-state index in [1.807, 2.05) is 13.1 Å². The molecular weight excluding hydrogens is 387 g/mol. The molecule has 2 N–H and O–H groups in total. The first-order valence-electron chi connectivity index (χ1n) is 8.02. The Labute approximate surface area is 151 Å². The van der Waals surface area contributed by atoms with E-state index in [1.54, 1.807) is 0 Å². The first-order chi connectivity index (χ1) is 10.3. The lowest BCUT2D eigenvalue weighted by atomic mass is 10.1. The third kappa shape index (κ3) is 6.52. The Bertz CT molecular complexity index is 436. The van der Waals surface area contributed by atoms with Crippen LogP contribution in [0.15, 0.2) is 35.3 Å². The van der Waals surface area contributed by atoms with Crippen molar-refractivity contribution in [3.63, 3.8) is 0 Å². The van der Waals surface area contributed by atoms with E-state index in [9.17, 15) is 0 Å². The molecule has 1 atom stereocenters. The van der Waals surface area contributed by atoms with Crippen LogP contribution in [0.25, 0.3) is 0 Å². The summed E-state index contributed by atoms with van der Waals surface area (Å²) >= 11 is 0. The van der Waals surface area contributed by atoms with Gasteiger partial charge in [-0.2, -0.15) is 0 Å². The van der Waals surface area contributed by atoms with Crippen molar-refractivity contribution in [2.24, 2.45) is 10.9 Å². The number of rotatable bonds is 6. The molecule has 0 saturated carbocycles. The highest BCUT2D eigenvalue weighted by molar-refractivity contribution is 14.0. The van der Waals surface area contributed by atoms with Crippen LogP contribution in [-0.4, -0.2) is 44.1 Å². The van der Waals surface area contributed by atoms with E-state index in [4.69, 9.17) is 0 Å². The van der Waals surface area contributed by atoms with E-state index in [0.29, 0.717) is 0 Å². The summed E-state index contributed by atoms with van der Waals surface area (Å²) in [5.41, 5.74) is 1.27. The standard InChI is InChI=1S/C17H28N4.HI/c1-3-10-21-11-9-16(14-21)13-20-17(18-2)19-12-15-7-5-4-6-8-15;/h4-8,16H,3,9-14H2,1-2H3,(H2,18,19,20);1H. The zero-order valence-corrected chi connectivity index (χ0v) is 16.0. The summed E-state index contributed by atoms with van der Waals surface area (Å²) in [4.78, 5) is 6.86. The zero-order valence-electron chi connectivity index (χ0n) is 13.7. The fourth-order valence-corrected chi connectivity index (χ4v) is 2.84.